The number of ketones is 1. The van der Waals surface area contributed by atoms with Crippen molar-refractivity contribution in [2.75, 3.05) is 0 Å². The summed E-state index contributed by atoms with van der Waals surface area (Å²) < 4.78 is 0. The van der Waals surface area contributed by atoms with Crippen molar-refractivity contribution in [3.05, 3.63) is 71.8 Å². The quantitative estimate of drug-likeness (QED) is 0.739. The Kier molecular flexibility index (Phi) is 5.93. The molecular weight excluding hydrogens is 256 g/mol. The molecule has 5 nitrogen and oxygen atoms in total. The maximum Gasteiger partial charge on any atom is 0.309 e. The lowest BCUT2D eigenvalue weighted by Crippen LogP contribution is -2.18. The lowest BCUT2D eigenvalue weighted by molar-refractivity contribution is 0.0747. The first kappa shape index (κ1) is 15.4. The van der Waals surface area contributed by atoms with Crippen molar-refractivity contribution in [3.63, 3.8) is 0 Å². The minimum Gasteiger partial charge on any atom is -0.380 e. The second-order valence-corrected chi connectivity index (χ2v) is 3.95. The van der Waals surface area contributed by atoms with E-state index >= 15 is 0 Å². The summed E-state index contributed by atoms with van der Waals surface area (Å²) in [6.07, 6.45) is -1.08. The summed E-state index contributed by atoms with van der Waals surface area (Å²) in [5, 5.41) is 9.89. The van der Waals surface area contributed by atoms with Gasteiger partial charge in [0.2, 0.25) is 0 Å². The first-order valence-corrected chi connectivity index (χ1v) is 5.89. The molecule has 2 amide bonds. The average molecular weight is 272 g/mol. The smallest absolute Gasteiger partial charge is 0.309 e. The number of aliphatic hydroxyl groups excluding tert-OH is 1. The Morgan fingerprint density at radius 2 is 1.25 bits per heavy atom. The van der Waals surface area contributed by atoms with Gasteiger partial charge < -0.3 is 16.6 Å². The Hall–Kier alpha value is -2.66. The zero-order valence-corrected chi connectivity index (χ0v) is 10.8. The second-order valence-electron chi connectivity index (χ2n) is 3.95. The standard InChI is InChI=1S/C14H12O2.CH4N2O/c15-13(11-7-3-1-4-8-11)14(16)12-9-5-2-6-10-12;2-1(3)4/h1-10,13,15H;(H4,2,3,4). The molecule has 2 aromatic rings. The van der Waals surface area contributed by atoms with E-state index in [4.69, 9.17) is 4.79 Å². The van der Waals surface area contributed by atoms with E-state index in [0.717, 1.165) is 0 Å². The maximum absolute atomic E-state index is 11.9. The number of nitrogens with two attached hydrogens (primary N) is 2. The fourth-order valence-corrected chi connectivity index (χ4v) is 1.55. The highest BCUT2D eigenvalue weighted by atomic mass is 16.3. The Morgan fingerprint density at radius 1 is 0.850 bits per heavy atom. The lowest BCUT2D eigenvalue weighted by atomic mass is 10.0. The van der Waals surface area contributed by atoms with Gasteiger partial charge in [0.25, 0.3) is 0 Å². The Labute approximate surface area is 116 Å². The second kappa shape index (κ2) is 7.70. The van der Waals surface area contributed by atoms with Gasteiger partial charge in [0.1, 0.15) is 6.10 Å². The molecule has 0 aliphatic heterocycles. The number of Topliss-reactive ketones (excluding diaryl/α,β-unsaturated/α-hetero) is 1. The van der Waals surface area contributed by atoms with E-state index in [9.17, 15) is 9.90 Å². The molecule has 0 aliphatic carbocycles. The maximum atomic E-state index is 11.9. The van der Waals surface area contributed by atoms with Crippen LogP contribution >= 0.6 is 0 Å². The lowest BCUT2D eigenvalue weighted by Gasteiger charge is -2.09. The predicted molar refractivity (Wildman–Crippen MR) is 75.9 cm³/mol. The van der Waals surface area contributed by atoms with Gasteiger partial charge >= 0.3 is 6.03 Å². The van der Waals surface area contributed by atoms with Gasteiger partial charge in [-0.2, -0.15) is 0 Å². The normalized spacial score (nSPS) is 10.8. The molecule has 0 bridgehead atoms. The molecule has 20 heavy (non-hydrogen) atoms. The summed E-state index contributed by atoms with van der Waals surface area (Å²) in [4.78, 5) is 20.9. The number of primary amides is 2. The first-order valence-electron chi connectivity index (χ1n) is 5.89. The third kappa shape index (κ3) is 4.91. The Balaban J connectivity index is 0.000000444. The molecule has 1 unspecified atom stereocenters. The molecule has 5 N–H and O–H groups in total. The van der Waals surface area contributed by atoms with Crippen molar-refractivity contribution in [1.29, 1.82) is 0 Å². The summed E-state index contributed by atoms with van der Waals surface area (Å²) in [7, 11) is 0. The van der Waals surface area contributed by atoms with E-state index in [2.05, 4.69) is 11.5 Å². The molecule has 0 aromatic heterocycles. The molecule has 0 saturated heterocycles. The van der Waals surface area contributed by atoms with Crippen LogP contribution in [0.1, 0.15) is 22.0 Å². The molecule has 2 aromatic carbocycles. The highest BCUT2D eigenvalue weighted by molar-refractivity contribution is 5.99. The molecule has 0 saturated carbocycles. The van der Waals surface area contributed by atoms with E-state index in [0.29, 0.717) is 11.1 Å². The van der Waals surface area contributed by atoms with Gasteiger partial charge in [0, 0.05) is 5.56 Å². The number of benzene rings is 2. The Bertz CT molecular complexity index is 552. The topological polar surface area (TPSA) is 106 Å². The zero-order chi connectivity index (χ0) is 15.0. The van der Waals surface area contributed by atoms with Crippen molar-refractivity contribution in [3.8, 4) is 0 Å². The number of urea groups is 1. The van der Waals surface area contributed by atoms with Crippen LogP contribution in [0.2, 0.25) is 0 Å². The summed E-state index contributed by atoms with van der Waals surface area (Å²) in [6, 6.07) is 16.9. The van der Waals surface area contributed by atoms with Gasteiger partial charge in [0.15, 0.2) is 5.78 Å². The average Bonchev–Trinajstić information content (AvgIpc) is 2.47. The van der Waals surface area contributed by atoms with Gasteiger partial charge in [-0.05, 0) is 5.56 Å². The van der Waals surface area contributed by atoms with Gasteiger partial charge in [0.05, 0.1) is 0 Å². The molecule has 2 rings (SSSR count). The first-order chi connectivity index (χ1) is 9.52. The van der Waals surface area contributed by atoms with E-state index in [-0.39, 0.29) is 5.78 Å². The summed E-state index contributed by atoms with van der Waals surface area (Å²) in [5.74, 6) is -0.271. The third-order valence-corrected chi connectivity index (χ3v) is 2.42. The van der Waals surface area contributed by atoms with Crippen molar-refractivity contribution in [1.82, 2.24) is 0 Å². The minimum absolute atomic E-state index is 0.271. The Morgan fingerprint density at radius 3 is 1.70 bits per heavy atom. The van der Waals surface area contributed by atoms with Crippen LogP contribution in [-0.4, -0.2) is 16.9 Å². The van der Waals surface area contributed by atoms with Crippen LogP contribution in [0, 0.1) is 0 Å². The number of carbonyl (C=O) groups is 2. The summed E-state index contributed by atoms with van der Waals surface area (Å²) in [5.41, 5.74) is 9.65. The fraction of sp³-hybridized carbons (Fsp3) is 0.0667. The SMILES string of the molecule is NC(N)=O.O=C(c1ccccc1)C(O)c1ccccc1. The van der Waals surface area contributed by atoms with Crippen molar-refractivity contribution in [2.24, 2.45) is 11.5 Å². The minimum atomic E-state index is -1.08. The zero-order valence-electron chi connectivity index (χ0n) is 10.8. The molecule has 0 aliphatic rings. The summed E-state index contributed by atoms with van der Waals surface area (Å²) >= 11 is 0. The third-order valence-electron chi connectivity index (χ3n) is 2.42. The number of hydrogen-bond acceptors (Lipinski definition) is 3. The van der Waals surface area contributed by atoms with Gasteiger partial charge in [-0.25, -0.2) is 4.79 Å². The van der Waals surface area contributed by atoms with E-state index < -0.39 is 12.1 Å². The molecule has 0 spiro atoms. The highest BCUT2D eigenvalue weighted by Gasteiger charge is 2.18. The van der Waals surface area contributed by atoms with E-state index in [1.165, 1.54) is 0 Å². The van der Waals surface area contributed by atoms with Crippen LogP contribution < -0.4 is 11.5 Å². The van der Waals surface area contributed by atoms with E-state index in [1.807, 2.05) is 12.1 Å². The molecular formula is C15H16N2O3. The number of hydrogen-bond donors (Lipinski definition) is 3. The number of aliphatic hydroxyl groups is 1. The van der Waals surface area contributed by atoms with Gasteiger partial charge in [-0.15, -0.1) is 0 Å². The van der Waals surface area contributed by atoms with Crippen LogP contribution in [-0.2, 0) is 0 Å². The number of amides is 2. The van der Waals surface area contributed by atoms with Crippen molar-refractivity contribution in [2.45, 2.75) is 6.10 Å². The largest absolute Gasteiger partial charge is 0.380 e. The van der Waals surface area contributed by atoms with Crippen LogP contribution in [0.25, 0.3) is 0 Å². The molecule has 1 atom stereocenters. The molecule has 5 heteroatoms. The number of carbonyl (C=O) groups excluding carboxylic acids is 2. The van der Waals surface area contributed by atoms with Crippen LogP contribution in [0.4, 0.5) is 4.79 Å². The van der Waals surface area contributed by atoms with Crippen LogP contribution in [0.5, 0.6) is 0 Å². The number of rotatable bonds is 3. The highest BCUT2D eigenvalue weighted by Crippen LogP contribution is 2.17. The molecule has 0 radical (unpaired) electrons. The molecule has 0 heterocycles. The van der Waals surface area contributed by atoms with Gasteiger partial charge in [-0.3, -0.25) is 4.79 Å². The molecule has 104 valence electrons. The predicted octanol–water partition coefficient (Wildman–Crippen LogP) is 1.63. The monoisotopic (exact) mass is 272 g/mol. The van der Waals surface area contributed by atoms with Crippen molar-refractivity contribution < 1.29 is 14.7 Å². The van der Waals surface area contributed by atoms with Crippen LogP contribution in [0.3, 0.4) is 0 Å². The van der Waals surface area contributed by atoms with Crippen LogP contribution in [0.15, 0.2) is 60.7 Å². The van der Waals surface area contributed by atoms with E-state index in [1.54, 1.807) is 48.5 Å². The summed E-state index contributed by atoms with van der Waals surface area (Å²) in [6.45, 7) is 0. The van der Waals surface area contributed by atoms with Crippen molar-refractivity contribution >= 4 is 11.8 Å². The molecule has 0 fully saturated rings. The fourth-order valence-electron chi connectivity index (χ4n) is 1.55. The van der Waals surface area contributed by atoms with Gasteiger partial charge in [-0.1, -0.05) is 60.7 Å².